The molecule has 0 saturated heterocycles. The normalized spacial score (nSPS) is 28.2. The zero-order valence-corrected chi connectivity index (χ0v) is 9.76. The van der Waals surface area contributed by atoms with Crippen molar-refractivity contribution in [1.82, 2.24) is 9.59 Å². The van der Waals surface area contributed by atoms with Crippen LogP contribution < -0.4 is 0 Å². The fourth-order valence-corrected chi connectivity index (χ4v) is 2.97. The Morgan fingerprint density at radius 2 is 2.00 bits per heavy atom. The van der Waals surface area contributed by atoms with Crippen LogP contribution in [0.1, 0.15) is 51.1 Å². The molecule has 1 aliphatic carbocycles. The number of hydrogen-bond acceptors (Lipinski definition) is 3. The predicted molar refractivity (Wildman–Crippen MR) is 59.4 cm³/mol. The molecule has 1 aliphatic rings. The minimum absolute atomic E-state index is 0.698. The van der Waals surface area contributed by atoms with E-state index in [-0.39, 0.29) is 0 Å². The van der Waals surface area contributed by atoms with Crippen LogP contribution in [-0.2, 0) is 0 Å². The highest BCUT2D eigenvalue weighted by molar-refractivity contribution is 7.03. The summed E-state index contributed by atoms with van der Waals surface area (Å²) in [5, 5.41) is 6.29. The summed E-state index contributed by atoms with van der Waals surface area (Å²) >= 11 is 1.48. The average molecular weight is 210 g/mol. The number of hydrogen-bond donors (Lipinski definition) is 0. The minimum atomic E-state index is 0.698. The summed E-state index contributed by atoms with van der Waals surface area (Å²) in [5.74, 6) is 2.49. The van der Waals surface area contributed by atoms with Crippen molar-refractivity contribution in [2.45, 2.75) is 45.4 Å². The lowest BCUT2D eigenvalue weighted by Gasteiger charge is -2.29. The van der Waals surface area contributed by atoms with Crippen LogP contribution in [0.4, 0.5) is 0 Å². The van der Waals surface area contributed by atoms with Crippen molar-refractivity contribution in [1.29, 1.82) is 0 Å². The van der Waals surface area contributed by atoms with Gasteiger partial charge in [0.25, 0.3) is 0 Å². The maximum atomic E-state index is 4.18. The van der Waals surface area contributed by atoms with Crippen molar-refractivity contribution < 1.29 is 0 Å². The summed E-state index contributed by atoms with van der Waals surface area (Å²) in [4.78, 5) is 0. The van der Waals surface area contributed by atoms with E-state index in [1.54, 1.807) is 0 Å². The lowest BCUT2D eigenvalue weighted by molar-refractivity contribution is 0.257. The van der Waals surface area contributed by atoms with E-state index < -0.39 is 0 Å². The molecule has 0 N–H and O–H groups in total. The van der Waals surface area contributed by atoms with Crippen LogP contribution >= 0.6 is 11.5 Å². The highest BCUT2D eigenvalue weighted by Crippen LogP contribution is 2.37. The first-order valence-corrected chi connectivity index (χ1v) is 6.38. The van der Waals surface area contributed by atoms with E-state index in [9.17, 15) is 0 Å². The molecular formula is C11H18N2S. The Hall–Kier alpha value is -0.440. The van der Waals surface area contributed by atoms with Gasteiger partial charge in [-0.15, -0.1) is 5.10 Å². The van der Waals surface area contributed by atoms with Gasteiger partial charge >= 0.3 is 0 Å². The van der Waals surface area contributed by atoms with Gasteiger partial charge in [-0.3, -0.25) is 0 Å². The van der Waals surface area contributed by atoms with Crippen molar-refractivity contribution in [2.75, 3.05) is 0 Å². The third-order valence-corrected chi connectivity index (χ3v) is 4.03. The third-order valence-electron chi connectivity index (χ3n) is 3.51. The third kappa shape index (κ3) is 2.14. The quantitative estimate of drug-likeness (QED) is 0.747. The largest absolute Gasteiger partial charge is 0.143 e. The molecule has 0 radical (unpaired) electrons. The molecule has 0 aliphatic heterocycles. The summed E-state index contributed by atoms with van der Waals surface area (Å²) in [6.07, 6.45) is 5.38. The van der Waals surface area contributed by atoms with E-state index in [2.05, 4.69) is 28.8 Å². The smallest absolute Gasteiger partial charge is 0.0786 e. The molecule has 2 rings (SSSR count). The molecule has 0 bridgehead atoms. The van der Waals surface area contributed by atoms with Crippen molar-refractivity contribution in [3.05, 3.63) is 11.1 Å². The molecule has 0 spiro atoms. The summed E-state index contributed by atoms with van der Waals surface area (Å²) in [7, 11) is 0. The second kappa shape index (κ2) is 4.39. The zero-order chi connectivity index (χ0) is 9.97. The second-order valence-corrected chi connectivity index (χ2v) is 5.30. The predicted octanol–water partition coefficient (Wildman–Crippen LogP) is 3.47. The first-order valence-electron chi connectivity index (χ1n) is 5.54. The molecule has 3 heteroatoms. The van der Waals surface area contributed by atoms with Gasteiger partial charge in [-0.05, 0) is 49.1 Å². The van der Waals surface area contributed by atoms with Gasteiger partial charge < -0.3 is 0 Å². The van der Waals surface area contributed by atoms with E-state index in [1.165, 1.54) is 42.9 Å². The fraction of sp³-hybridized carbons (Fsp3) is 0.818. The molecule has 78 valence electrons. The molecule has 1 saturated carbocycles. The van der Waals surface area contributed by atoms with Crippen LogP contribution in [0.2, 0.25) is 0 Å². The van der Waals surface area contributed by atoms with Gasteiger partial charge in [0.2, 0.25) is 0 Å². The van der Waals surface area contributed by atoms with Gasteiger partial charge in [0.05, 0.1) is 5.69 Å². The summed E-state index contributed by atoms with van der Waals surface area (Å²) in [5.41, 5.74) is 1.23. The lowest BCUT2D eigenvalue weighted by atomic mass is 9.76. The molecule has 1 fully saturated rings. The molecule has 2 nitrogen and oxygen atoms in total. The summed E-state index contributed by atoms with van der Waals surface area (Å²) in [6, 6.07) is 0. The fourth-order valence-electron chi connectivity index (χ4n) is 2.43. The molecule has 1 aromatic heterocycles. The van der Waals surface area contributed by atoms with E-state index in [4.69, 9.17) is 0 Å². The van der Waals surface area contributed by atoms with Crippen LogP contribution in [0.25, 0.3) is 0 Å². The van der Waals surface area contributed by atoms with Gasteiger partial charge in [0, 0.05) is 11.3 Å². The van der Waals surface area contributed by atoms with Gasteiger partial charge in [0.1, 0.15) is 0 Å². The monoisotopic (exact) mass is 210 g/mol. The van der Waals surface area contributed by atoms with Crippen LogP contribution in [0.3, 0.4) is 0 Å². The molecule has 0 amide bonds. The molecule has 1 aromatic rings. The molecule has 1 heterocycles. The Kier molecular flexibility index (Phi) is 3.16. The average Bonchev–Trinajstić information content (AvgIpc) is 2.71. The van der Waals surface area contributed by atoms with Gasteiger partial charge in [-0.2, -0.15) is 0 Å². The first kappa shape index (κ1) is 10.1. The number of rotatable bonds is 2. The number of aromatic nitrogens is 2. The SMILES string of the molecule is CC(C)C1CCC(c2csnn2)CC1. The zero-order valence-electron chi connectivity index (χ0n) is 8.94. The standard InChI is InChI=1S/C11H18N2S/c1-8(2)9-3-5-10(6-4-9)11-7-14-13-12-11/h7-10H,3-6H2,1-2H3. The highest BCUT2D eigenvalue weighted by atomic mass is 32.1. The Labute approximate surface area is 89.9 Å². The van der Waals surface area contributed by atoms with Gasteiger partial charge in [-0.25, -0.2) is 0 Å². The van der Waals surface area contributed by atoms with E-state index in [1.807, 2.05) is 0 Å². The Morgan fingerprint density at radius 1 is 1.29 bits per heavy atom. The Balaban J connectivity index is 1.90. The van der Waals surface area contributed by atoms with Crippen LogP contribution in [-0.4, -0.2) is 9.59 Å². The Bertz CT molecular complexity index is 261. The maximum absolute atomic E-state index is 4.18. The minimum Gasteiger partial charge on any atom is -0.143 e. The molecule has 14 heavy (non-hydrogen) atoms. The topological polar surface area (TPSA) is 25.8 Å². The first-order chi connectivity index (χ1) is 6.77. The molecule has 0 unspecified atom stereocenters. The summed E-state index contributed by atoms with van der Waals surface area (Å²) in [6.45, 7) is 4.69. The highest BCUT2D eigenvalue weighted by Gasteiger charge is 2.25. The van der Waals surface area contributed by atoms with Crippen LogP contribution in [0.15, 0.2) is 5.38 Å². The molecule has 0 aromatic carbocycles. The van der Waals surface area contributed by atoms with Gasteiger partial charge in [0.15, 0.2) is 0 Å². The van der Waals surface area contributed by atoms with Crippen molar-refractivity contribution >= 4 is 11.5 Å². The van der Waals surface area contributed by atoms with Crippen molar-refractivity contribution in [2.24, 2.45) is 11.8 Å². The van der Waals surface area contributed by atoms with Gasteiger partial charge in [-0.1, -0.05) is 18.3 Å². The number of nitrogens with zero attached hydrogens (tertiary/aromatic N) is 2. The lowest BCUT2D eigenvalue weighted by Crippen LogP contribution is -2.17. The summed E-state index contributed by atoms with van der Waals surface area (Å²) < 4.78 is 3.94. The molecule has 0 atom stereocenters. The van der Waals surface area contributed by atoms with Crippen molar-refractivity contribution in [3.8, 4) is 0 Å². The van der Waals surface area contributed by atoms with E-state index >= 15 is 0 Å². The van der Waals surface area contributed by atoms with Crippen molar-refractivity contribution in [3.63, 3.8) is 0 Å². The maximum Gasteiger partial charge on any atom is 0.0786 e. The molecular weight excluding hydrogens is 192 g/mol. The Morgan fingerprint density at radius 3 is 2.50 bits per heavy atom. The van der Waals surface area contributed by atoms with E-state index in [0.717, 1.165) is 11.8 Å². The van der Waals surface area contributed by atoms with Crippen LogP contribution in [0, 0.1) is 11.8 Å². The second-order valence-electron chi connectivity index (χ2n) is 4.69. The van der Waals surface area contributed by atoms with E-state index in [0.29, 0.717) is 5.92 Å². The van der Waals surface area contributed by atoms with Crippen LogP contribution in [0.5, 0.6) is 0 Å².